The molecule has 2 fully saturated rings. The van der Waals surface area contributed by atoms with Crippen molar-refractivity contribution in [3.05, 3.63) is 0 Å². The van der Waals surface area contributed by atoms with Crippen molar-refractivity contribution in [2.75, 3.05) is 33.7 Å². The molecule has 0 aromatic rings. The van der Waals surface area contributed by atoms with E-state index in [9.17, 15) is 4.79 Å². The molecule has 2 rings (SSSR count). The summed E-state index contributed by atoms with van der Waals surface area (Å²) >= 11 is 0. The smallest absolute Gasteiger partial charge is 0.137 e. The first-order valence-corrected chi connectivity index (χ1v) is 7.10. The zero-order chi connectivity index (χ0) is 12.3. The molecule has 0 radical (unpaired) electrons. The predicted molar refractivity (Wildman–Crippen MR) is 70.1 cm³/mol. The van der Waals surface area contributed by atoms with E-state index in [0.717, 1.165) is 25.8 Å². The number of Topliss-reactive ketones (excluding diaryl/α,β-unsaturated/α-hetero) is 1. The number of carbonyl (C=O) groups excluding carboxylic acids is 1. The fraction of sp³-hybridized carbons (Fsp3) is 0.929. The summed E-state index contributed by atoms with van der Waals surface area (Å²) in [5.74, 6) is 0.909. The highest BCUT2D eigenvalue weighted by molar-refractivity contribution is 5.83. The van der Waals surface area contributed by atoms with Crippen LogP contribution in [0.1, 0.15) is 38.5 Å². The van der Waals surface area contributed by atoms with E-state index in [4.69, 9.17) is 0 Å². The van der Waals surface area contributed by atoms with E-state index in [0.29, 0.717) is 17.7 Å². The van der Waals surface area contributed by atoms with Crippen LogP contribution in [0.5, 0.6) is 0 Å². The number of nitrogens with zero attached hydrogens (tertiary/aromatic N) is 2. The summed E-state index contributed by atoms with van der Waals surface area (Å²) in [4.78, 5) is 16.7. The fourth-order valence-corrected chi connectivity index (χ4v) is 3.42. The predicted octanol–water partition coefficient (Wildman–Crippen LogP) is 1.77. The second-order valence-corrected chi connectivity index (χ2v) is 5.87. The van der Waals surface area contributed by atoms with E-state index in [1.54, 1.807) is 0 Å². The molecule has 98 valence electrons. The Morgan fingerprint density at radius 3 is 2.76 bits per heavy atom. The van der Waals surface area contributed by atoms with Crippen LogP contribution in [0.15, 0.2) is 0 Å². The summed E-state index contributed by atoms with van der Waals surface area (Å²) in [7, 11) is 4.25. The second-order valence-electron chi connectivity index (χ2n) is 5.87. The van der Waals surface area contributed by atoms with Crippen molar-refractivity contribution in [1.82, 2.24) is 9.80 Å². The molecule has 0 aromatic carbocycles. The molecule has 0 aromatic heterocycles. The quantitative estimate of drug-likeness (QED) is 0.729. The summed E-state index contributed by atoms with van der Waals surface area (Å²) in [5, 5.41) is 0. The van der Waals surface area contributed by atoms with Crippen molar-refractivity contribution in [2.24, 2.45) is 5.92 Å². The monoisotopic (exact) mass is 238 g/mol. The lowest BCUT2D eigenvalue weighted by atomic mass is 9.95. The van der Waals surface area contributed by atoms with Gasteiger partial charge in [-0.3, -0.25) is 9.69 Å². The summed E-state index contributed by atoms with van der Waals surface area (Å²) in [5.41, 5.74) is 0. The minimum atomic E-state index is 0.372. The van der Waals surface area contributed by atoms with E-state index in [-0.39, 0.29) is 0 Å². The Labute approximate surface area is 105 Å². The van der Waals surface area contributed by atoms with Gasteiger partial charge in [0.2, 0.25) is 0 Å². The van der Waals surface area contributed by atoms with Crippen molar-refractivity contribution < 1.29 is 4.79 Å². The molecule has 0 spiro atoms. The third kappa shape index (κ3) is 3.29. The van der Waals surface area contributed by atoms with E-state index >= 15 is 0 Å². The molecule has 3 heteroatoms. The van der Waals surface area contributed by atoms with E-state index < -0.39 is 0 Å². The molecule has 3 nitrogen and oxygen atoms in total. The van der Waals surface area contributed by atoms with Gasteiger partial charge in [-0.2, -0.15) is 0 Å². The largest absolute Gasteiger partial charge is 0.309 e. The van der Waals surface area contributed by atoms with Crippen LogP contribution in [0.3, 0.4) is 0 Å². The van der Waals surface area contributed by atoms with Gasteiger partial charge in [0.05, 0.1) is 0 Å². The number of rotatable bonds is 5. The first-order valence-electron chi connectivity index (χ1n) is 7.10. The maximum Gasteiger partial charge on any atom is 0.137 e. The Morgan fingerprint density at radius 2 is 2.12 bits per heavy atom. The van der Waals surface area contributed by atoms with Gasteiger partial charge in [-0.1, -0.05) is 0 Å². The maximum absolute atomic E-state index is 11.9. The first-order chi connectivity index (χ1) is 8.18. The van der Waals surface area contributed by atoms with Crippen molar-refractivity contribution in [1.29, 1.82) is 0 Å². The van der Waals surface area contributed by atoms with Gasteiger partial charge in [0.1, 0.15) is 5.78 Å². The summed E-state index contributed by atoms with van der Waals surface area (Å²) in [6.07, 6.45) is 6.88. The van der Waals surface area contributed by atoms with Gasteiger partial charge in [0, 0.05) is 18.4 Å². The number of likely N-dealkylation sites (tertiary alicyclic amines) is 1. The van der Waals surface area contributed by atoms with Crippen molar-refractivity contribution in [3.8, 4) is 0 Å². The topological polar surface area (TPSA) is 23.6 Å². The van der Waals surface area contributed by atoms with Crippen LogP contribution in [0.25, 0.3) is 0 Å². The normalized spacial score (nSPS) is 30.6. The molecule has 1 saturated heterocycles. The summed E-state index contributed by atoms with van der Waals surface area (Å²) in [6, 6.07) is 0.576. The highest BCUT2D eigenvalue weighted by Gasteiger charge is 2.37. The molecule has 0 N–H and O–H groups in total. The Kier molecular flexibility index (Phi) is 4.57. The standard InChI is InChI=1S/C14H26N2O/c1-15(2)9-5-11-16-10-4-7-13(16)12-6-3-8-14(12)17/h12-13H,3-11H2,1-2H3. The fourth-order valence-electron chi connectivity index (χ4n) is 3.42. The molecule has 0 bridgehead atoms. The molecular formula is C14H26N2O. The Morgan fingerprint density at radius 1 is 1.29 bits per heavy atom. The third-order valence-corrected chi connectivity index (χ3v) is 4.28. The average molecular weight is 238 g/mol. The van der Waals surface area contributed by atoms with Gasteiger partial charge in [-0.25, -0.2) is 0 Å². The zero-order valence-corrected chi connectivity index (χ0v) is 11.3. The zero-order valence-electron chi connectivity index (χ0n) is 11.3. The van der Waals surface area contributed by atoms with E-state index in [1.807, 2.05) is 0 Å². The van der Waals surface area contributed by atoms with Crippen LogP contribution in [-0.4, -0.2) is 55.4 Å². The lowest BCUT2D eigenvalue weighted by molar-refractivity contribution is -0.122. The Hall–Kier alpha value is -0.410. The van der Waals surface area contributed by atoms with E-state index in [1.165, 1.54) is 32.4 Å². The lowest BCUT2D eigenvalue weighted by Gasteiger charge is -2.28. The lowest BCUT2D eigenvalue weighted by Crippen LogP contribution is -2.38. The van der Waals surface area contributed by atoms with Crippen LogP contribution in [0, 0.1) is 5.92 Å². The number of ketones is 1. The molecule has 2 aliphatic rings. The molecule has 2 unspecified atom stereocenters. The van der Waals surface area contributed by atoms with Crippen LogP contribution in [0.2, 0.25) is 0 Å². The summed E-state index contributed by atoms with van der Waals surface area (Å²) in [6.45, 7) is 3.54. The molecule has 1 aliphatic carbocycles. The molecule has 1 saturated carbocycles. The molecule has 0 amide bonds. The third-order valence-electron chi connectivity index (χ3n) is 4.28. The van der Waals surface area contributed by atoms with Crippen molar-refractivity contribution in [2.45, 2.75) is 44.6 Å². The second kappa shape index (κ2) is 5.96. The minimum absolute atomic E-state index is 0.372. The van der Waals surface area contributed by atoms with Crippen LogP contribution >= 0.6 is 0 Å². The van der Waals surface area contributed by atoms with Gasteiger partial charge in [0.15, 0.2) is 0 Å². The maximum atomic E-state index is 11.9. The van der Waals surface area contributed by atoms with Gasteiger partial charge < -0.3 is 4.90 Å². The van der Waals surface area contributed by atoms with Gasteiger partial charge >= 0.3 is 0 Å². The highest BCUT2D eigenvalue weighted by atomic mass is 16.1. The van der Waals surface area contributed by atoms with Crippen LogP contribution in [-0.2, 0) is 4.79 Å². The Bertz CT molecular complexity index is 265. The molecular weight excluding hydrogens is 212 g/mol. The highest BCUT2D eigenvalue weighted by Crippen LogP contribution is 2.33. The SMILES string of the molecule is CN(C)CCCN1CCCC1C1CCCC1=O. The molecule has 2 atom stereocenters. The van der Waals surface area contributed by atoms with Crippen LogP contribution in [0.4, 0.5) is 0 Å². The van der Waals surface area contributed by atoms with E-state index in [2.05, 4.69) is 23.9 Å². The molecule has 1 aliphatic heterocycles. The first kappa shape index (κ1) is 13.0. The molecule has 1 heterocycles. The minimum Gasteiger partial charge on any atom is -0.309 e. The van der Waals surface area contributed by atoms with Gasteiger partial charge in [-0.05, 0) is 65.8 Å². The van der Waals surface area contributed by atoms with Crippen molar-refractivity contribution >= 4 is 5.78 Å². The summed E-state index contributed by atoms with van der Waals surface area (Å²) < 4.78 is 0. The van der Waals surface area contributed by atoms with Gasteiger partial charge in [0.25, 0.3) is 0 Å². The Balaban J connectivity index is 1.82. The molecule has 17 heavy (non-hydrogen) atoms. The number of carbonyl (C=O) groups is 1. The number of hydrogen-bond acceptors (Lipinski definition) is 3. The number of hydrogen-bond donors (Lipinski definition) is 0. The average Bonchev–Trinajstić information content (AvgIpc) is 2.86. The van der Waals surface area contributed by atoms with Crippen LogP contribution < -0.4 is 0 Å². The van der Waals surface area contributed by atoms with Crippen molar-refractivity contribution in [3.63, 3.8) is 0 Å². The van der Waals surface area contributed by atoms with Gasteiger partial charge in [-0.15, -0.1) is 0 Å².